The first kappa shape index (κ1) is 15.3. The van der Waals surface area contributed by atoms with E-state index in [0.29, 0.717) is 31.1 Å². The smallest absolute Gasteiger partial charge is 0.262 e. The van der Waals surface area contributed by atoms with Crippen molar-refractivity contribution in [3.63, 3.8) is 0 Å². The molecule has 0 bridgehead atoms. The third-order valence-corrected chi connectivity index (χ3v) is 5.64. The molecule has 2 aliphatic rings. The van der Waals surface area contributed by atoms with Crippen LogP contribution in [0.1, 0.15) is 13.3 Å². The Bertz CT molecular complexity index is 688. The molecule has 1 aromatic carbocycles. The maximum atomic E-state index is 12.7. The van der Waals surface area contributed by atoms with Gasteiger partial charge in [0.15, 0.2) is 6.61 Å². The molecule has 7 nitrogen and oxygen atoms in total. The van der Waals surface area contributed by atoms with Gasteiger partial charge in [-0.1, -0.05) is 6.92 Å². The molecule has 0 aliphatic carbocycles. The van der Waals surface area contributed by atoms with Crippen LogP contribution in [-0.2, 0) is 19.6 Å². The van der Waals surface area contributed by atoms with Crippen molar-refractivity contribution in [2.24, 2.45) is 0 Å². The van der Waals surface area contributed by atoms with E-state index in [-0.39, 0.29) is 23.5 Å². The second-order valence-corrected chi connectivity index (χ2v) is 7.20. The van der Waals surface area contributed by atoms with Crippen LogP contribution >= 0.6 is 0 Å². The highest BCUT2D eigenvalue weighted by Crippen LogP contribution is 2.31. The molecule has 1 amide bonds. The number of amides is 1. The van der Waals surface area contributed by atoms with Crippen molar-refractivity contribution in [2.45, 2.75) is 24.3 Å². The summed E-state index contributed by atoms with van der Waals surface area (Å²) in [6, 6.07) is 4.51. The molecular formula is C14H18N2O5S. The molecule has 0 aromatic heterocycles. The maximum absolute atomic E-state index is 12.7. The highest BCUT2D eigenvalue weighted by Gasteiger charge is 2.31. The molecule has 0 radical (unpaired) electrons. The first-order valence-corrected chi connectivity index (χ1v) is 8.63. The van der Waals surface area contributed by atoms with Crippen LogP contribution < -0.4 is 10.1 Å². The molecule has 3 rings (SSSR count). The molecular weight excluding hydrogens is 308 g/mol. The Hall–Kier alpha value is -1.64. The lowest BCUT2D eigenvalue weighted by Gasteiger charge is -2.31. The average Bonchev–Trinajstić information content (AvgIpc) is 2.54. The van der Waals surface area contributed by atoms with Crippen molar-refractivity contribution in [1.82, 2.24) is 4.31 Å². The number of hydrogen-bond acceptors (Lipinski definition) is 5. The van der Waals surface area contributed by atoms with Crippen molar-refractivity contribution in [2.75, 3.05) is 31.6 Å². The van der Waals surface area contributed by atoms with Gasteiger partial charge in [-0.05, 0) is 24.6 Å². The normalized spacial score (nSPS) is 22.6. The monoisotopic (exact) mass is 326 g/mol. The fraction of sp³-hybridized carbons (Fsp3) is 0.500. The summed E-state index contributed by atoms with van der Waals surface area (Å²) in [6.07, 6.45) is 0.685. The second-order valence-electron chi connectivity index (χ2n) is 5.26. The van der Waals surface area contributed by atoms with Gasteiger partial charge >= 0.3 is 0 Å². The molecule has 2 aliphatic heterocycles. The number of fused-ring (bicyclic) bond motifs is 1. The Kier molecular flexibility index (Phi) is 4.07. The number of sulfonamides is 1. The van der Waals surface area contributed by atoms with E-state index in [1.54, 1.807) is 6.07 Å². The Morgan fingerprint density at radius 3 is 3.00 bits per heavy atom. The zero-order valence-electron chi connectivity index (χ0n) is 12.2. The molecule has 1 aromatic rings. The van der Waals surface area contributed by atoms with Gasteiger partial charge in [0.2, 0.25) is 10.0 Å². The lowest BCUT2D eigenvalue weighted by Crippen LogP contribution is -2.45. The Morgan fingerprint density at radius 1 is 1.41 bits per heavy atom. The number of nitrogens with one attached hydrogen (secondary N) is 1. The molecule has 8 heteroatoms. The summed E-state index contributed by atoms with van der Waals surface area (Å²) < 4.78 is 37.6. The van der Waals surface area contributed by atoms with Gasteiger partial charge in [0.05, 0.1) is 23.3 Å². The SMILES string of the molecule is CCC1CN(S(=O)(=O)c2ccc3c(c2)NC(=O)CO3)CCO1. The molecule has 1 unspecified atom stereocenters. The minimum atomic E-state index is -3.61. The van der Waals surface area contributed by atoms with Gasteiger partial charge in [-0.3, -0.25) is 4.79 Å². The molecule has 120 valence electrons. The van der Waals surface area contributed by atoms with Crippen LogP contribution in [0.2, 0.25) is 0 Å². The van der Waals surface area contributed by atoms with Crippen LogP contribution in [-0.4, -0.2) is 51.0 Å². The zero-order chi connectivity index (χ0) is 15.7. The number of morpholine rings is 1. The van der Waals surface area contributed by atoms with Crippen molar-refractivity contribution in [3.8, 4) is 5.75 Å². The van der Waals surface area contributed by atoms with Crippen LogP contribution in [0.15, 0.2) is 23.1 Å². The van der Waals surface area contributed by atoms with Gasteiger partial charge in [0.1, 0.15) is 5.75 Å². The quantitative estimate of drug-likeness (QED) is 0.889. The summed E-state index contributed by atoms with van der Waals surface area (Å²) in [7, 11) is -3.61. The van der Waals surface area contributed by atoms with Gasteiger partial charge in [0, 0.05) is 13.1 Å². The van der Waals surface area contributed by atoms with Gasteiger partial charge in [-0.2, -0.15) is 4.31 Å². The van der Waals surface area contributed by atoms with Crippen LogP contribution in [0.4, 0.5) is 5.69 Å². The van der Waals surface area contributed by atoms with Gasteiger partial charge < -0.3 is 14.8 Å². The first-order valence-electron chi connectivity index (χ1n) is 7.19. The minimum absolute atomic E-state index is 0.0548. The fourth-order valence-corrected chi connectivity index (χ4v) is 4.01. The van der Waals surface area contributed by atoms with E-state index < -0.39 is 10.0 Å². The largest absolute Gasteiger partial charge is 0.482 e. The van der Waals surface area contributed by atoms with E-state index in [4.69, 9.17) is 9.47 Å². The van der Waals surface area contributed by atoms with Crippen LogP contribution in [0.25, 0.3) is 0 Å². The third kappa shape index (κ3) is 2.81. The average molecular weight is 326 g/mol. The van der Waals surface area contributed by atoms with Gasteiger partial charge in [-0.15, -0.1) is 0 Å². The molecule has 0 saturated carbocycles. The standard InChI is InChI=1S/C14H18N2O5S/c1-2-10-8-16(5-6-20-10)22(18,19)11-3-4-13-12(7-11)15-14(17)9-21-13/h3-4,7,10H,2,5-6,8-9H2,1H3,(H,15,17). The summed E-state index contributed by atoms with van der Waals surface area (Å²) in [4.78, 5) is 11.5. The molecule has 0 spiro atoms. The molecule has 1 N–H and O–H groups in total. The highest BCUT2D eigenvalue weighted by atomic mass is 32.2. The summed E-state index contributed by atoms with van der Waals surface area (Å²) in [5.74, 6) is 0.187. The van der Waals surface area contributed by atoms with E-state index >= 15 is 0 Å². The number of carbonyl (C=O) groups is 1. The lowest BCUT2D eigenvalue weighted by atomic mass is 10.2. The number of nitrogens with zero attached hydrogens (tertiary/aromatic N) is 1. The van der Waals surface area contributed by atoms with Crippen molar-refractivity contribution >= 4 is 21.6 Å². The lowest BCUT2D eigenvalue weighted by molar-refractivity contribution is -0.118. The topological polar surface area (TPSA) is 84.9 Å². The minimum Gasteiger partial charge on any atom is -0.482 e. The van der Waals surface area contributed by atoms with Crippen molar-refractivity contribution in [3.05, 3.63) is 18.2 Å². The number of anilines is 1. The predicted molar refractivity (Wildman–Crippen MR) is 79.4 cm³/mol. The molecule has 2 heterocycles. The summed E-state index contributed by atoms with van der Waals surface area (Å²) >= 11 is 0. The molecule has 1 atom stereocenters. The highest BCUT2D eigenvalue weighted by molar-refractivity contribution is 7.89. The Balaban J connectivity index is 1.89. The summed E-state index contributed by atoms with van der Waals surface area (Å²) in [6.45, 7) is 2.98. The summed E-state index contributed by atoms with van der Waals surface area (Å²) in [5.41, 5.74) is 0.387. The van der Waals surface area contributed by atoms with Crippen molar-refractivity contribution < 1.29 is 22.7 Å². The van der Waals surface area contributed by atoms with E-state index in [0.717, 1.165) is 6.42 Å². The third-order valence-electron chi connectivity index (χ3n) is 3.78. The number of rotatable bonds is 3. The number of ether oxygens (including phenoxy) is 2. The molecule has 1 saturated heterocycles. The first-order chi connectivity index (χ1) is 10.5. The Labute approximate surface area is 129 Å². The fourth-order valence-electron chi connectivity index (χ4n) is 2.53. The van der Waals surface area contributed by atoms with Crippen LogP contribution in [0, 0.1) is 0 Å². The van der Waals surface area contributed by atoms with E-state index in [1.807, 2.05) is 6.92 Å². The van der Waals surface area contributed by atoms with Gasteiger partial charge in [-0.25, -0.2) is 8.42 Å². The van der Waals surface area contributed by atoms with E-state index in [9.17, 15) is 13.2 Å². The van der Waals surface area contributed by atoms with Crippen LogP contribution in [0.5, 0.6) is 5.75 Å². The van der Waals surface area contributed by atoms with E-state index in [2.05, 4.69) is 5.32 Å². The Morgan fingerprint density at radius 2 is 2.23 bits per heavy atom. The molecule has 1 fully saturated rings. The van der Waals surface area contributed by atoms with Crippen LogP contribution in [0.3, 0.4) is 0 Å². The number of hydrogen-bond donors (Lipinski definition) is 1. The van der Waals surface area contributed by atoms with Gasteiger partial charge in [0.25, 0.3) is 5.91 Å². The summed E-state index contributed by atoms with van der Waals surface area (Å²) in [5, 5.41) is 2.62. The number of benzene rings is 1. The molecule has 22 heavy (non-hydrogen) atoms. The maximum Gasteiger partial charge on any atom is 0.262 e. The second kappa shape index (κ2) is 5.86. The number of carbonyl (C=O) groups excluding carboxylic acids is 1. The predicted octanol–water partition coefficient (Wildman–Crippen LogP) is 0.817. The zero-order valence-corrected chi connectivity index (χ0v) is 13.1. The van der Waals surface area contributed by atoms with Crippen molar-refractivity contribution in [1.29, 1.82) is 0 Å². The van der Waals surface area contributed by atoms with E-state index in [1.165, 1.54) is 16.4 Å².